The van der Waals surface area contributed by atoms with Gasteiger partial charge in [-0.15, -0.1) is 0 Å². The number of aromatic nitrogens is 2. The molecule has 0 saturated heterocycles. The van der Waals surface area contributed by atoms with Gasteiger partial charge in [0.25, 0.3) is 0 Å². The second-order valence-corrected chi connectivity index (χ2v) is 3.97. The maximum atomic E-state index is 5.86. The normalized spacial score (nSPS) is 13.3. The van der Waals surface area contributed by atoms with Gasteiger partial charge >= 0.3 is 0 Å². The Balaban J connectivity index is 2.66. The molecule has 0 amide bonds. The van der Waals surface area contributed by atoms with Crippen molar-refractivity contribution in [2.75, 3.05) is 0 Å². The van der Waals surface area contributed by atoms with Crippen LogP contribution < -0.4 is 5.73 Å². The summed E-state index contributed by atoms with van der Waals surface area (Å²) in [6, 6.07) is 4.28. The van der Waals surface area contributed by atoms with Gasteiger partial charge in [0, 0.05) is 18.7 Å². The molecule has 80 valence electrons. The standard InChI is InChI=1S/C12H17N3/c1-4-12-14-9(3)11-7-10(8(2)13)5-6-15(11)12/h5-8H,4,13H2,1-3H3. The van der Waals surface area contributed by atoms with E-state index in [1.54, 1.807) is 0 Å². The third-order valence-corrected chi connectivity index (χ3v) is 2.77. The van der Waals surface area contributed by atoms with Crippen LogP contribution in [-0.4, -0.2) is 9.38 Å². The van der Waals surface area contributed by atoms with Gasteiger partial charge in [0.2, 0.25) is 0 Å². The highest BCUT2D eigenvalue weighted by atomic mass is 15.0. The Morgan fingerprint density at radius 1 is 1.53 bits per heavy atom. The number of pyridine rings is 1. The number of hydrogen-bond acceptors (Lipinski definition) is 2. The number of fused-ring (bicyclic) bond motifs is 1. The Morgan fingerprint density at radius 3 is 2.87 bits per heavy atom. The van der Waals surface area contributed by atoms with Crippen LogP contribution in [0.15, 0.2) is 18.3 Å². The molecule has 0 radical (unpaired) electrons. The molecule has 3 nitrogen and oxygen atoms in total. The molecule has 0 aliphatic heterocycles. The predicted molar refractivity (Wildman–Crippen MR) is 61.9 cm³/mol. The van der Waals surface area contributed by atoms with E-state index >= 15 is 0 Å². The quantitative estimate of drug-likeness (QED) is 0.813. The van der Waals surface area contributed by atoms with Crippen molar-refractivity contribution in [3.8, 4) is 0 Å². The van der Waals surface area contributed by atoms with Gasteiger partial charge in [-0.05, 0) is 31.5 Å². The lowest BCUT2D eigenvalue weighted by atomic mass is 10.1. The largest absolute Gasteiger partial charge is 0.324 e. The van der Waals surface area contributed by atoms with Crippen LogP contribution in [-0.2, 0) is 6.42 Å². The van der Waals surface area contributed by atoms with Crippen LogP contribution >= 0.6 is 0 Å². The molecular weight excluding hydrogens is 186 g/mol. The summed E-state index contributed by atoms with van der Waals surface area (Å²) in [5.74, 6) is 1.11. The third kappa shape index (κ3) is 1.63. The molecule has 1 atom stereocenters. The predicted octanol–water partition coefficient (Wildman–Crippen LogP) is 2.22. The number of imidazole rings is 1. The molecule has 2 aromatic rings. The second kappa shape index (κ2) is 3.66. The lowest BCUT2D eigenvalue weighted by molar-refractivity contribution is 0.814. The van der Waals surface area contributed by atoms with Gasteiger partial charge in [0.15, 0.2) is 0 Å². The summed E-state index contributed by atoms with van der Waals surface area (Å²) >= 11 is 0. The summed E-state index contributed by atoms with van der Waals surface area (Å²) in [5.41, 5.74) is 9.27. The fourth-order valence-electron chi connectivity index (χ4n) is 1.86. The highest BCUT2D eigenvalue weighted by Gasteiger charge is 2.08. The lowest BCUT2D eigenvalue weighted by Gasteiger charge is -2.06. The van der Waals surface area contributed by atoms with E-state index in [1.807, 2.05) is 13.8 Å². The zero-order chi connectivity index (χ0) is 11.0. The number of rotatable bonds is 2. The highest BCUT2D eigenvalue weighted by Crippen LogP contribution is 2.17. The maximum absolute atomic E-state index is 5.86. The first-order valence-electron chi connectivity index (χ1n) is 5.36. The Labute approximate surface area is 89.9 Å². The smallest absolute Gasteiger partial charge is 0.113 e. The SMILES string of the molecule is CCc1nc(C)c2cc(C(C)N)ccn12. The Bertz CT molecular complexity index is 483. The van der Waals surface area contributed by atoms with E-state index in [4.69, 9.17) is 5.73 Å². The molecule has 2 aromatic heterocycles. The van der Waals surface area contributed by atoms with Crippen molar-refractivity contribution in [3.05, 3.63) is 35.4 Å². The van der Waals surface area contributed by atoms with E-state index < -0.39 is 0 Å². The van der Waals surface area contributed by atoms with E-state index in [0.29, 0.717) is 0 Å². The van der Waals surface area contributed by atoms with E-state index in [1.165, 1.54) is 5.52 Å². The molecule has 0 aliphatic rings. The first-order valence-corrected chi connectivity index (χ1v) is 5.36. The minimum Gasteiger partial charge on any atom is -0.324 e. The van der Waals surface area contributed by atoms with Gasteiger partial charge < -0.3 is 10.1 Å². The molecule has 0 spiro atoms. The molecule has 0 aliphatic carbocycles. The van der Waals surface area contributed by atoms with E-state index in [2.05, 4.69) is 34.6 Å². The summed E-state index contributed by atoms with van der Waals surface area (Å²) in [6.45, 7) is 6.16. The Hall–Kier alpha value is -1.35. The number of nitrogens with two attached hydrogens (primary N) is 1. The molecule has 0 saturated carbocycles. The van der Waals surface area contributed by atoms with Crippen LogP contribution in [0.25, 0.3) is 5.52 Å². The number of nitrogens with zero attached hydrogens (tertiary/aromatic N) is 2. The number of hydrogen-bond donors (Lipinski definition) is 1. The van der Waals surface area contributed by atoms with Gasteiger partial charge in [-0.25, -0.2) is 4.98 Å². The molecule has 0 aromatic carbocycles. The first-order chi connectivity index (χ1) is 7.13. The summed E-state index contributed by atoms with van der Waals surface area (Å²) in [6.07, 6.45) is 3.01. The van der Waals surface area contributed by atoms with Gasteiger partial charge in [0.1, 0.15) is 5.82 Å². The highest BCUT2D eigenvalue weighted by molar-refractivity contribution is 5.54. The maximum Gasteiger partial charge on any atom is 0.113 e. The third-order valence-electron chi connectivity index (χ3n) is 2.77. The van der Waals surface area contributed by atoms with Crippen molar-refractivity contribution < 1.29 is 0 Å². The van der Waals surface area contributed by atoms with E-state index in [0.717, 1.165) is 23.5 Å². The van der Waals surface area contributed by atoms with Crippen LogP contribution in [0.2, 0.25) is 0 Å². The Kier molecular flexibility index (Phi) is 2.49. The van der Waals surface area contributed by atoms with Crippen LogP contribution in [0.4, 0.5) is 0 Å². The van der Waals surface area contributed by atoms with Crippen molar-refractivity contribution in [2.24, 2.45) is 5.73 Å². The average molecular weight is 203 g/mol. The van der Waals surface area contributed by atoms with Crippen LogP contribution in [0.1, 0.15) is 37.0 Å². The first kappa shape index (κ1) is 10.2. The molecule has 0 fully saturated rings. The average Bonchev–Trinajstić information content (AvgIpc) is 2.55. The topological polar surface area (TPSA) is 43.3 Å². The zero-order valence-electron chi connectivity index (χ0n) is 9.49. The lowest BCUT2D eigenvalue weighted by Crippen LogP contribution is -2.05. The fraction of sp³-hybridized carbons (Fsp3) is 0.417. The van der Waals surface area contributed by atoms with Crippen molar-refractivity contribution in [2.45, 2.75) is 33.2 Å². The molecular formula is C12H17N3. The van der Waals surface area contributed by atoms with Crippen molar-refractivity contribution in [1.82, 2.24) is 9.38 Å². The molecule has 1 unspecified atom stereocenters. The Morgan fingerprint density at radius 2 is 2.27 bits per heavy atom. The van der Waals surface area contributed by atoms with Crippen LogP contribution in [0.5, 0.6) is 0 Å². The molecule has 2 rings (SSSR count). The summed E-state index contributed by atoms with van der Waals surface area (Å²) in [5, 5.41) is 0. The molecule has 0 bridgehead atoms. The molecule has 3 heteroatoms. The van der Waals surface area contributed by atoms with Gasteiger partial charge in [-0.2, -0.15) is 0 Å². The van der Waals surface area contributed by atoms with Gasteiger partial charge in [0.05, 0.1) is 11.2 Å². The summed E-state index contributed by atoms with van der Waals surface area (Å²) in [7, 11) is 0. The minimum atomic E-state index is 0.0781. The van der Waals surface area contributed by atoms with E-state index in [9.17, 15) is 0 Å². The van der Waals surface area contributed by atoms with Crippen molar-refractivity contribution in [3.63, 3.8) is 0 Å². The molecule has 2 N–H and O–H groups in total. The van der Waals surface area contributed by atoms with E-state index in [-0.39, 0.29) is 6.04 Å². The van der Waals surface area contributed by atoms with Crippen molar-refractivity contribution >= 4 is 5.52 Å². The minimum absolute atomic E-state index is 0.0781. The summed E-state index contributed by atoms with van der Waals surface area (Å²) < 4.78 is 2.14. The van der Waals surface area contributed by atoms with Gasteiger partial charge in [-0.1, -0.05) is 6.92 Å². The zero-order valence-corrected chi connectivity index (χ0v) is 9.49. The molecule has 15 heavy (non-hydrogen) atoms. The fourth-order valence-corrected chi connectivity index (χ4v) is 1.86. The summed E-state index contributed by atoms with van der Waals surface area (Å²) in [4.78, 5) is 4.53. The van der Waals surface area contributed by atoms with Crippen LogP contribution in [0.3, 0.4) is 0 Å². The number of aryl methyl sites for hydroxylation is 2. The second-order valence-electron chi connectivity index (χ2n) is 3.97. The molecule has 2 heterocycles. The monoisotopic (exact) mass is 203 g/mol. The van der Waals surface area contributed by atoms with Crippen LogP contribution in [0, 0.1) is 6.92 Å². The van der Waals surface area contributed by atoms with Gasteiger partial charge in [-0.3, -0.25) is 0 Å². The van der Waals surface area contributed by atoms with Crippen molar-refractivity contribution in [1.29, 1.82) is 0 Å².